The smallest absolute Gasteiger partial charge is 0.407 e. The van der Waals surface area contributed by atoms with E-state index in [1.807, 2.05) is 13.8 Å². The molecule has 0 aliphatic carbocycles. The van der Waals surface area contributed by atoms with Gasteiger partial charge in [0.15, 0.2) is 0 Å². The van der Waals surface area contributed by atoms with Gasteiger partial charge in [-0.1, -0.05) is 54.4 Å². The molecule has 0 radical (unpaired) electrons. The number of hydrogen-bond acceptors (Lipinski definition) is 6. The van der Waals surface area contributed by atoms with Gasteiger partial charge in [-0.3, -0.25) is 4.79 Å². The van der Waals surface area contributed by atoms with Gasteiger partial charge in [-0.2, -0.15) is 0 Å². The average Bonchev–Trinajstić information content (AvgIpc) is 2.73. The second-order valence-corrected chi connectivity index (χ2v) is 6.09. The average molecular weight is 457 g/mol. The van der Waals surface area contributed by atoms with Crippen molar-refractivity contribution >= 4 is 12.0 Å². The lowest BCUT2D eigenvalue weighted by Crippen LogP contribution is -2.26. The third-order valence-electron chi connectivity index (χ3n) is 2.59. The Kier molecular flexibility index (Phi) is 46.7. The highest BCUT2D eigenvalue weighted by Crippen LogP contribution is 1.86. The summed E-state index contributed by atoms with van der Waals surface area (Å²) in [6.45, 7) is 20.6. The number of alkyl carbamates (subject to hydrolysis) is 1. The fraction of sp³-hybridized carbons (Fsp3) is 0.913. The van der Waals surface area contributed by atoms with Crippen LogP contribution in [0.3, 0.4) is 0 Å². The zero-order valence-corrected chi connectivity index (χ0v) is 21.6. The number of rotatable bonds is 15. The van der Waals surface area contributed by atoms with Gasteiger partial charge in [-0.15, -0.1) is 0 Å². The topological polar surface area (TPSA) is 95.1 Å². The van der Waals surface area contributed by atoms with Crippen molar-refractivity contribution in [1.29, 1.82) is 0 Å². The number of nitrogens with one attached hydrogen (secondary N) is 2. The van der Waals surface area contributed by atoms with Gasteiger partial charge in [0.25, 0.3) is 0 Å². The second-order valence-electron chi connectivity index (χ2n) is 6.09. The first-order chi connectivity index (χ1) is 15.0. The molecule has 31 heavy (non-hydrogen) atoms. The highest BCUT2D eigenvalue weighted by Gasteiger charge is 1.98. The van der Waals surface area contributed by atoms with Gasteiger partial charge < -0.3 is 29.6 Å². The van der Waals surface area contributed by atoms with Crippen LogP contribution in [0.1, 0.15) is 83.9 Å². The van der Waals surface area contributed by atoms with Crippen molar-refractivity contribution in [3.05, 3.63) is 0 Å². The van der Waals surface area contributed by atoms with Crippen LogP contribution in [0.2, 0.25) is 0 Å². The zero-order chi connectivity index (χ0) is 24.6. The predicted octanol–water partition coefficient (Wildman–Crippen LogP) is 5.05. The van der Waals surface area contributed by atoms with E-state index in [0.717, 1.165) is 12.8 Å². The zero-order valence-electron chi connectivity index (χ0n) is 21.6. The molecule has 0 bridgehead atoms. The molecule has 0 spiro atoms. The normalized spacial score (nSPS) is 9.03. The molecule has 0 atom stereocenters. The molecule has 0 aromatic carbocycles. The molecule has 2 amide bonds. The van der Waals surface area contributed by atoms with Gasteiger partial charge in [0.2, 0.25) is 5.91 Å². The maximum Gasteiger partial charge on any atom is 0.407 e. The minimum absolute atomic E-state index is 0. The number of carbonyl (C=O) groups is 2. The van der Waals surface area contributed by atoms with Crippen LogP contribution >= 0.6 is 0 Å². The Morgan fingerprint density at radius 3 is 1.39 bits per heavy atom. The molecule has 194 valence electrons. The van der Waals surface area contributed by atoms with E-state index in [1.165, 1.54) is 19.8 Å². The van der Waals surface area contributed by atoms with E-state index in [-0.39, 0.29) is 8.76 Å². The van der Waals surface area contributed by atoms with Gasteiger partial charge in [-0.05, 0) is 19.8 Å². The molecule has 8 nitrogen and oxygen atoms in total. The van der Waals surface area contributed by atoms with Crippen molar-refractivity contribution in [2.45, 2.75) is 81.1 Å². The maximum absolute atomic E-state index is 11.0. The molecule has 0 rings (SSSR count). The molecule has 2 N–H and O–H groups in total. The molecular weight excluding hydrogens is 400 g/mol. The third kappa shape index (κ3) is 52.7. The van der Waals surface area contributed by atoms with Crippen LogP contribution in [0.5, 0.6) is 0 Å². The van der Waals surface area contributed by atoms with Crippen LogP contribution in [0.25, 0.3) is 0 Å². The lowest BCUT2D eigenvalue weighted by Gasteiger charge is -2.07. The first kappa shape index (κ1) is 37.0. The van der Waals surface area contributed by atoms with Crippen molar-refractivity contribution in [3.63, 3.8) is 0 Å². The highest BCUT2D eigenvalue weighted by atomic mass is 16.5. The fourth-order valence-corrected chi connectivity index (χ4v) is 1.53. The first-order valence-corrected chi connectivity index (χ1v) is 11.9. The quantitative estimate of drug-likeness (QED) is 0.335. The minimum atomic E-state index is -0.395. The van der Waals surface area contributed by atoms with Gasteiger partial charge >= 0.3 is 6.09 Å². The third-order valence-corrected chi connectivity index (χ3v) is 2.59. The van der Waals surface area contributed by atoms with Crippen molar-refractivity contribution in [3.8, 4) is 0 Å². The summed E-state index contributed by atoms with van der Waals surface area (Å²) in [6, 6.07) is 0. The van der Waals surface area contributed by atoms with Crippen LogP contribution in [0.4, 0.5) is 4.79 Å². The van der Waals surface area contributed by atoms with Crippen LogP contribution in [-0.4, -0.2) is 71.3 Å². The van der Waals surface area contributed by atoms with Crippen LogP contribution < -0.4 is 10.6 Å². The van der Waals surface area contributed by atoms with E-state index in [0.29, 0.717) is 59.3 Å². The lowest BCUT2D eigenvalue weighted by atomic mass is 10.4. The molecule has 0 unspecified atom stereocenters. The van der Waals surface area contributed by atoms with Crippen LogP contribution in [-0.2, 0) is 23.7 Å². The Balaban J connectivity index is -0.000000160. The predicted molar refractivity (Wildman–Crippen MR) is 133 cm³/mol. The van der Waals surface area contributed by atoms with Crippen LogP contribution in [0.15, 0.2) is 0 Å². The molecule has 0 aromatic heterocycles. The SMILES string of the molecule is CC.CCC.CCC.CCOC(=O)NCCCOCCOCCOCCCNC(C)=O.[HH].[HH]. The molecule has 0 aromatic rings. The Hall–Kier alpha value is -1.38. The highest BCUT2D eigenvalue weighted by molar-refractivity contribution is 5.72. The second kappa shape index (κ2) is 39.1. The Bertz CT molecular complexity index is 340. The molecule has 0 saturated carbocycles. The van der Waals surface area contributed by atoms with E-state index in [9.17, 15) is 9.59 Å². The number of amides is 2. The molecule has 0 aliphatic rings. The summed E-state index contributed by atoms with van der Waals surface area (Å²) in [4.78, 5) is 21.6. The van der Waals surface area contributed by atoms with E-state index >= 15 is 0 Å². The summed E-state index contributed by atoms with van der Waals surface area (Å²) >= 11 is 0. The molecule has 0 aliphatic heterocycles. The Morgan fingerprint density at radius 1 is 0.677 bits per heavy atom. The van der Waals surface area contributed by atoms with E-state index in [4.69, 9.17) is 18.9 Å². The van der Waals surface area contributed by atoms with Crippen molar-refractivity contribution in [2.24, 2.45) is 0 Å². The standard InChI is InChI=1S/C15H30N2O6.2C3H8.C2H6.2H2/c1-3-23-15(19)17-7-5-9-21-11-13-22-12-10-20-8-4-6-16-14(2)18;2*1-3-2;1-2;;/h3-13H2,1-2H3,(H,16,18)(H,17,19);2*3H2,1-2H3;1-2H3;2*1H. The first-order valence-electron chi connectivity index (χ1n) is 11.9. The van der Waals surface area contributed by atoms with E-state index in [2.05, 4.69) is 38.3 Å². The summed E-state index contributed by atoms with van der Waals surface area (Å²) in [5.74, 6) is -0.0231. The van der Waals surface area contributed by atoms with Crippen LogP contribution in [0, 0.1) is 0 Å². The van der Waals surface area contributed by atoms with Crippen molar-refractivity contribution < 1.29 is 31.4 Å². The number of carbonyl (C=O) groups excluding carboxylic acids is 2. The summed E-state index contributed by atoms with van der Waals surface area (Å²) in [7, 11) is 0. The van der Waals surface area contributed by atoms with Gasteiger partial charge in [0.1, 0.15) is 0 Å². The summed E-state index contributed by atoms with van der Waals surface area (Å²) < 4.78 is 20.8. The van der Waals surface area contributed by atoms with Gasteiger partial charge in [0, 0.05) is 36.1 Å². The van der Waals surface area contributed by atoms with Gasteiger partial charge in [-0.25, -0.2) is 4.79 Å². The Labute approximate surface area is 195 Å². The van der Waals surface area contributed by atoms with Crippen molar-refractivity contribution in [1.82, 2.24) is 10.6 Å². The van der Waals surface area contributed by atoms with E-state index in [1.54, 1.807) is 6.92 Å². The lowest BCUT2D eigenvalue weighted by molar-refractivity contribution is -0.119. The summed E-state index contributed by atoms with van der Waals surface area (Å²) in [5.41, 5.74) is 0. The van der Waals surface area contributed by atoms with E-state index < -0.39 is 6.09 Å². The summed E-state index contributed by atoms with van der Waals surface area (Å²) in [6.07, 6.45) is 3.63. The fourth-order valence-electron chi connectivity index (χ4n) is 1.53. The number of ether oxygens (including phenoxy) is 4. The van der Waals surface area contributed by atoms with Crippen molar-refractivity contribution in [2.75, 3.05) is 59.3 Å². The number of hydrogen-bond donors (Lipinski definition) is 2. The summed E-state index contributed by atoms with van der Waals surface area (Å²) in [5, 5.41) is 5.32. The molecule has 0 heterocycles. The molecule has 0 fully saturated rings. The largest absolute Gasteiger partial charge is 0.450 e. The monoisotopic (exact) mass is 456 g/mol. The molecular formula is C23H56N2O6. The van der Waals surface area contributed by atoms with Gasteiger partial charge in [0.05, 0.1) is 33.0 Å². The Morgan fingerprint density at radius 2 is 1.03 bits per heavy atom. The minimum Gasteiger partial charge on any atom is -0.450 e. The molecule has 8 heteroatoms. The maximum atomic E-state index is 11.0. The molecule has 0 saturated heterocycles.